The minimum absolute atomic E-state index is 0.272. The van der Waals surface area contributed by atoms with Crippen molar-refractivity contribution >= 4 is 23.5 Å². The van der Waals surface area contributed by atoms with Gasteiger partial charge in [-0.3, -0.25) is 9.59 Å². The first-order valence-corrected chi connectivity index (χ1v) is 8.99. The summed E-state index contributed by atoms with van der Waals surface area (Å²) in [6.07, 6.45) is -0.693. The summed E-state index contributed by atoms with van der Waals surface area (Å²) in [6, 6.07) is 7.00. The van der Waals surface area contributed by atoms with Gasteiger partial charge in [0.15, 0.2) is 5.79 Å². The maximum absolute atomic E-state index is 13.1. The van der Waals surface area contributed by atoms with E-state index in [2.05, 4.69) is 4.74 Å². The molecular formula is C19H28ClNO5. The molecule has 0 saturated heterocycles. The van der Waals surface area contributed by atoms with E-state index >= 15 is 0 Å². The highest BCUT2D eigenvalue weighted by Crippen LogP contribution is 2.26. The van der Waals surface area contributed by atoms with Crippen LogP contribution in [0.15, 0.2) is 24.3 Å². The molecular weight excluding hydrogens is 358 g/mol. The third-order valence-corrected chi connectivity index (χ3v) is 4.07. The van der Waals surface area contributed by atoms with E-state index in [1.807, 2.05) is 26.0 Å². The van der Waals surface area contributed by atoms with Crippen molar-refractivity contribution < 1.29 is 24.2 Å². The lowest BCUT2D eigenvalue weighted by molar-refractivity contribution is -0.214. The number of nitrogens with zero attached hydrogens (tertiary/aromatic N) is 1. The molecule has 1 aromatic rings. The first-order chi connectivity index (χ1) is 12.1. The summed E-state index contributed by atoms with van der Waals surface area (Å²) in [5.41, 5.74) is 0.874. The van der Waals surface area contributed by atoms with Gasteiger partial charge in [-0.05, 0) is 44.9 Å². The maximum atomic E-state index is 13.1. The van der Waals surface area contributed by atoms with Crippen LogP contribution in [0, 0.1) is 0 Å². The van der Waals surface area contributed by atoms with E-state index in [9.17, 15) is 14.7 Å². The number of rotatable bonds is 9. The van der Waals surface area contributed by atoms with E-state index in [0.29, 0.717) is 11.6 Å². The highest BCUT2D eigenvalue weighted by Gasteiger charge is 2.34. The van der Waals surface area contributed by atoms with Crippen LogP contribution in [0.25, 0.3) is 0 Å². The van der Waals surface area contributed by atoms with Crippen molar-refractivity contribution in [3.63, 3.8) is 0 Å². The molecule has 2 atom stereocenters. The second-order valence-electron chi connectivity index (χ2n) is 6.60. The predicted octanol–water partition coefficient (Wildman–Crippen LogP) is 3.32. The average molecular weight is 386 g/mol. The summed E-state index contributed by atoms with van der Waals surface area (Å²) < 4.78 is 10.1. The first kappa shape index (κ1) is 22.4. The van der Waals surface area contributed by atoms with E-state index in [-0.39, 0.29) is 18.4 Å². The third kappa shape index (κ3) is 6.94. The van der Waals surface area contributed by atoms with Crippen molar-refractivity contribution in [1.82, 2.24) is 4.90 Å². The molecule has 0 aromatic heterocycles. The molecule has 1 amide bonds. The lowest BCUT2D eigenvalue weighted by atomic mass is 10.0. The second-order valence-corrected chi connectivity index (χ2v) is 7.03. The molecule has 0 spiro atoms. The molecule has 1 N–H and O–H groups in total. The zero-order chi connectivity index (χ0) is 19.9. The smallest absolute Gasteiger partial charge is 0.308 e. The normalized spacial score (nSPS) is 13.8. The van der Waals surface area contributed by atoms with Crippen LogP contribution in [0.2, 0.25) is 5.02 Å². The maximum Gasteiger partial charge on any atom is 0.308 e. The fourth-order valence-electron chi connectivity index (χ4n) is 2.63. The highest BCUT2D eigenvalue weighted by atomic mass is 35.5. The van der Waals surface area contributed by atoms with Crippen molar-refractivity contribution in [2.75, 3.05) is 13.7 Å². The van der Waals surface area contributed by atoms with Gasteiger partial charge in [-0.2, -0.15) is 0 Å². The number of hydrogen-bond donors (Lipinski definition) is 1. The number of carbonyl (C=O) groups is 2. The Morgan fingerprint density at radius 1 is 1.35 bits per heavy atom. The van der Waals surface area contributed by atoms with Crippen LogP contribution in [0.3, 0.4) is 0 Å². The highest BCUT2D eigenvalue weighted by molar-refractivity contribution is 6.30. The van der Waals surface area contributed by atoms with Crippen molar-refractivity contribution in [3.8, 4) is 0 Å². The molecule has 0 aliphatic rings. The first-order valence-electron chi connectivity index (χ1n) is 8.62. The molecule has 0 bridgehead atoms. The monoisotopic (exact) mass is 385 g/mol. The number of hydrogen-bond acceptors (Lipinski definition) is 5. The van der Waals surface area contributed by atoms with Crippen LogP contribution >= 0.6 is 11.6 Å². The quantitative estimate of drug-likeness (QED) is 0.521. The number of amides is 1. The number of halogens is 1. The topological polar surface area (TPSA) is 76.1 Å². The van der Waals surface area contributed by atoms with E-state index in [0.717, 1.165) is 12.0 Å². The Morgan fingerprint density at radius 2 is 2.00 bits per heavy atom. The number of carbonyl (C=O) groups excluding carboxylic acids is 2. The van der Waals surface area contributed by atoms with Crippen LogP contribution in [-0.4, -0.2) is 47.4 Å². The van der Waals surface area contributed by atoms with Gasteiger partial charge in [0.05, 0.1) is 19.6 Å². The van der Waals surface area contributed by atoms with Gasteiger partial charge in [0, 0.05) is 11.6 Å². The molecule has 0 saturated carbocycles. The Bertz CT molecular complexity index is 614. The van der Waals surface area contributed by atoms with Crippen molar-refractivity contribution in [2.45, 2.75) is 58.5 Å². The van der Waals surface area contributed by atoms with Gasteiger partial charge in [0.1, 0.15) is 6.10 Å². The van der Waals surface area contributed by atoms with Crippen molar-refractivity contribution in [2.24, 2.45) is 0 Å². The van der Waals surface area contributed by atoms with Crippen LogP contribution < -0.4 is 0 Å². The van der Waals surface area contributed by atoms with E-state index in [4.69, 9.17) is 16.3 Å². The minimum atomic E-state index is -1.56. The van der Waals surface area contributed by atoms with E-state index in [1.54, 1.807) is 17.0 Å². The van der Waals surface area contributed by atoms with Gasteiger partial charge in [0.2, 0.25) is 0 Å². The number of esters is 1. The molecule has 0 heterocycles. The molecule has 0 aliphatic carbocycles. The molecule has 6 nitrogen and oxygen atoms in total. The van der Waals surface area contributed by atoms with Gasteiger partial charge in [0.25, 0.3) is 5.91 Å². The molecule has 0 radical (unpaired) electrons. The Morgan fingerprint density at radius 3 is 2.50 bits per heavy atom. The van der Waals surface area contributed by atoms with Crippen LogP contribution in [0.1, 0.15) is 52.1 Å². The third-order valence-electron chi connectivity index (χ3n) is 3.83. The lowest BCUT2D eigenvalue weighted by Gasteiger charge is -2.34. The number of methoxy groups -OCH3 is 1. The Kier molecular flexibility index (Phi) is 8.53. The lowest BCUT2D eigenvalue weighted by Crippen LogP contribution is -2.46. The molecule has 7 heteroatoms. The number of aliphatic hydroxyl groups is 1. The summed E-state index contributed by atoms with van der Waals surface area (Å²) >= 11 is 6.07. The van der Waals surface area contributed by atoms with Crippen LogP contribution in [0.4, 0.5) is 0 Å². The fraction of sp³-hybridized carbons (Fsp3) is 0.579. The zero-order valence-corrected chi connectivity index (χ0v) is 16.7. The second kappa shape index (κ2) is 9.90. The molecule has 26 heavy (non-hydrogen) atoms. The van der Waals surface area contributed by atoms with E-state index in [1.165, 1.54) is 21.0 Å². The zero-order valence-electron chi connectivity index (χ0n) is 16.0. The summed E-state index contributed by atoms with van der Waals surface area (Å²) in [5.74, 6) is -2.53. The van der Waals surface area contributed by atoms with Crippen molar-refractivity contribution in [1.29, 1.82) is 0 Å². The summed E-state index contributed by atoms with van der Waals surface area (Å²) in [6.45, 7) is 7.14. The molecule has 146 valence electrons. The van der Waals surface area contributed by atoms with Gasteiger partial charge in [-0.1, -0.05) is 30.7 Å². The average Bonchev–Trinajstić information content (AvgIpc) is 2.56. The van der Waals surface area contributed by atoms with Gasteiger partial charge >= 0.3 is 5.97 Å². The molecule has 1 unspecified atom stereocenters. The fourth-order valence-corrected chi connectivity index (χ4v) is 2.83. The summed E-state index contributed by atoms with van der Waals surface area (Å²) in [7, 11) is 1.24. The molecule has 0 fully saturated rings. The molecule has 1 rings (SSSR count). The van der Waals surface area contributed by atoms with Gasteiger partial charge in [-0.15, -0.1) is 0 Å². The number of ether oxygens (including phenoxy) is 2. The molecule has 0 aliphatic heterocycles. The van der Waals surface area contributed by atoms with Crippen molar-refractivity contribution in [3.05, 3.63) is 34.9 Å². The van der Waals surface area contributed by atoms with Gasteiger partial charge in [-0.25, -0.2) is 0 Å². The number of benzene rings is 1. The Labute approximate surface area is 160 Å². The van der Waals surface area contributed by atoms with Gasteiger partial charge < -0.3 is 19.5 Å². The summed E-state index contributed by atoms with van der Waals surface area (Å²) in [4.78, 5) is 26.4. The standard InChI is InChI=1S/C19H28ClNO5/c1-6-10-21(13(2)14-8-7-9-15(20)11-14)18(23)16(12-17(22)25-5)26-19(3,4)24/h7-9,11,13,16,24H,6,10,12H2,1-5H3/t13?,16-/m1/s1. The Hall–Kier alpha value is -1.63. The Balaban J connectivity index is 3.12. The molecule has 1 aromatic carbocycles. The van der Waals surface area contributed by atoms with Crippen LogP contribution in [-0.2, 0) is 19.1 Å². The predicted molar refractivity (Wildman–Crippen MR) is 99.7 cm³/mol. The largest absolute Gasteiger partial charge is 0.469 e. The van der Waals surface area contributed by atoms with E-state index < -0.39 is 17.9 Å². The minimum Gasteiger partial charge on any atom is -0.469 e. The SMILES string of the molecule is CCCN(C(=O)[C@@H](CC(=O)OC)OC(C)(C)O)C(C)c1cccc(Cl)c1. The summed E-state index contributed by atoms with van der Waals surface area (Å²) in [5, 5.41) is 10.5. The van der Waals surface area contributed by atoms with Crippen LogP contribution in [0.5, 0.6) is 0 Å².